The molecule has 0 bridgehead atoms. The summed E-state index contributed by atoms with van der Waals surface area (Å²) in [6, 6.07) is 6.87. The molecule has 2 N–H and O–H groups in total. The van der Waals surface area contributed by atoms with Crippen LogP contribution in [0.1, 0.15) is 25.8 Å². The average molecular weight is 277 g/mol. The fourth-order valence-corrected chi connectivity index (χ4v) is 1.78. The van der Waals surface area contributed by atoms with Crippen molar-refractivity contribution in [2.24, 2.45) is 4.99 Å². The first kappa shape index (κ1) is 16.2. The number of hydrogen-bond acceptors (Lipinski definition) is 1. The number of allylic oxidation sites excluding steroid dienone is 1. The monoisotopic (exact) mass is 277 g/mol. The minimum Gasteiger partial charge on any atom is -0.357 e. The lowest BCUT2D eigenvalue weighted by Crippen LogP contribution is -2.38. The molecule has 0 heterocycles. The van der Waals surface area contributed by atoms with E-state index in [0.29, 0.717) is 13.0 Å². The quantitative estimate of drug-likeness (QED) is 0.348. The molecule has 3 nitrogen and oxygen atoms in total. The Balaban J connectivity index is 2.40. The highest BCUT2D eigenvalue weighted by Gasteiger charge is 2.01. The normalized spacial score (nSPS) is 11.8. The lowest BCUT2D eigenvalue weighted by molar-refractivity contribution is 0.606. The second-order valence-electron chi connectivity index (χ2n) is 4.39. The molecule has 0 amide bonds. The summed E-state index contributed by atoms with van der Waals surface area (Å²) in [5, 5.41) is 6.40. The smallest absolute Gasteiger partial charge is 0.191 e. The van der Waals surface area contributed by atoms with Crippen LogP contribution in [0.25, 0.3) is 0 Å². The number of aliphatic imine (C=N–C) groups is 1. The molecule has 1 aromatic carbocycles. The van der Waals surface area contributed by atoms with Crippen LogP contribution in [0.3, 0.4) is 0 Å². The largest absolute Gasteiger partial charge is 0.357 e. The lowest BCUT2D eigenvalue weighted by Gasteiger charge is -2.11. The molecule has 1 rings (SSSR count). The van der Waals surface area contributed by atoms with Crippen molar-refractivity contribution in [3.8, 4) is 0 Å². The van der Waals surface area contributed by atoms with Gasteiger partial charge in [0.25, 0.3) is 0 Å². The number of halogens is 1. The summed E-state index contributed by atoms with van der Waals surface area (Å²) in [6.07, 6.45) is 5.69. The topological polar surface area (TPSA) is 36.4 Å². The van der Waals surface area contributed by atoms with Crippen molar-refractivity contribution in [1.82, 2.24) is 10.6 Å². The molecule has 4 heteroatoms. The van der Waals surface area contributed by atoms with Crippen molar-refractivity contribution in [3.63, 3.8) is 0 Å². The van der Waals surface area contributed by atoms with Gasteiger partial charge in [0.15, 0.2) is 5.96 Å². The van der Waals surface area contributed by atoms with Crippen LogP contribution in [0.5, 0.6) is 0 Å². The van der Waals surface area contributed by atoms with Gasteiger partial charge in [0.2, 0.25) is 0 Å². The van der Waals surface area contributed by atoms with E-state index in [4.69, 9.17) is 0 Å². The van der Waals surface area contributed by atoms with E-state index in [1.165, 1.54) is 6.07 Å². The van der Waals surface area contributed by atoms with Crippen LogP contribution < -0.4 is 10.6 Å². The van der Waals surface area contributed by atoms with Crippen molar-refractivity contribution in [1.29, 1.82) is 0 Å². The van der Waals surface area contributed by atoms with Gasteiger partial charge in [0.05, 0.1) is 0 Å². The van der Waals surface area contributed by atoms with Gasteiger partial charge in [-0.25, -0.2) is 4.39 Å². The molecule has 0 aromatic heterocycles. The van der Waals surface area contributed by atoms with Crippen LogP contribution in [-0.2, 0) is 6.42 Å². The zero-order valence-corrected chi connectivity index (χ0v) is 12.3. The Morgan fingerprint density at radius 1 is 1.30 bits per heavy atom. The van der Waals surface area contributed by atoms with Gasteiger partial charge in [0, 0.05) is 19.6 Å². The van der Waals surface area contributed by atoms with E-state index in [9.17, 15) is 4.39 Å². The summed E-state index contributed by atoms with van der Waals surface area (Å²) < 4.78 is 13.5. The number of rotatable bonds is 7. The standard InChI is InChI=1S/C16H24FN3/c1-3-5-8-12-19-16(18-4-2)20-13-11-14-9-6-7-10-15(14)17/h3,5-7,9-10H,4,8,11-13H2,1-2H3,(H2,18,19,20)/b5-3+. The highest BCUT2D eigenvalue weighted by atomic mass is 19.1. The van der Waals surface area contributed by atoms with Crippen molar-refractivity contribution in [2.45, 2.75) is 26.7 Å². The molecule has 0 fully saturated rings. The average Bonchev–Trinajstić information content (AvgIpc) is 2.45. The first-order chi connectivity index (χ1) is 9.77. The van der Waals surface area contributed by atoms with E-state index in [1.807, 2.05) is 32.1 Å². The highest BCUT2D eigenvalue weighted by molar-refractivity contribution is 5.79. The summed E-state index contributed by atoms with van der Waals surface area (Å²) in [6.45, 7) is 6.26. The molecule has 0 saturated heterocycles. The molecule has 110 valence electrons. The van der Waals surface area contributed by atoms with Gasteiger partial charge in [-0.1, -0.05) is 30.4 Å². The number of guanidine groups is 1. The number of nitrogens with one attached hydrogen (secondary N) is 2. The second kappa shape index (κ2) is 10.0. The molecule has 20 heavy (non-hydrogen) atoms. The Bertz CT molecular complexity index is 441. The van der Waals surface area contributed by atoms with Crippen LogP contribution >= 0.6 is 0 Å². The van der Waals surface area contributed by atoms with E-state index >= 15 is 0 Å². The molecule has 0 atom stereocenters. The number of nitrogens with zero attached hydrogens (tertiary/aromatic N) is 1. The van der Waals surface area contributed by atoms with Crippen molar-refractivity contribution >= 4 is 5.96 Å². The second-order valence-corrected chi connectivity index (χ2v) is 4.39. The van der Waals surface area contributed by atoms with Crippen molar-refractivity contribution in [3.05, 3.63) is 47.8 Å². The third-order valence-corrected chi connectivity index (χ3v) is 2.79. The predicted octanol–water partition coefficient (Wildman–Crippen LogP) is 2.89. The van der Waals surface area contributed by atoms with E-state index in [-0.39, 0.29) is 5.82 Å². The van der Waals surface area contributed by atoms with Crippen LogP contribution in [0.4, 0.5) is 4.39 Å². The highest BCUT2D eigenvalue weighted by Crippen LogP contribution is 2.05. The molecule has 0 aliphatic heterocycles. The Labute approximate surface area is 121 Å². The molecule has 0 aliphatic rings. The predicted molar refractivity (Wildman–Crippen MR) is 83.5 cm³/mol. The van der Waals surface area contributed by atoms with Gasteiger partial charge < -0.3 is 10.6 Å². The minimum absolute atomic E-state index is 0.149. The van der Waals surface area contributed by atoms with E-state index in [2.05, 4.69) is 21.7 Å². The van der Waals surface area contributed by atoms with E-state index < -0.39 is 0 Å². The molecule has 1 aromatic rings. The van der Waals surface area contributed by atoms with Crippen LogP contribution in [0.15, 0.2) is 41.4 Å². The maximum Gasteiger partial charge on any atom is 0.191 e. The fourth-order valence-electron chi connectivity index (χ4n) is 1.78. The first-order valence-electron chi connectivity index (χ1n) is 7.14. The van der Waals surface area contributed by atoms with Gasteiger partial charge in [0.1, 0.15) is 5.82 Å². The number of hydrogen-bond donors (Lipinski definition) is 2. The van der Waals surface area contributed by atoms with Crippen molar-refractivity contribution < 1.29 is 4.39 Å². The Hall–Kier alpha value is -1.84. The first-order valence-corrected chi connectivity index (χ1v) is 7.14. The van der Waals surface area contributed by atoms with Crippen molar-refractivity contribution in [2.75, 3.05) is 19.6 Å². The summed E-state index contributed by atoms with van der Waals surface area (Å²) in [4.78, 5) is 4.45. The Morgan fingerprint density at radius 3 is 2.80 bits per heavy atom. The molecule has 0 radical (unpaired) electrons. The molecule has 0 aliphatic carbocycles. The summed E-state index contributed by atoms with van der Waals surface area (Å²) in [5.41, 5.74) is 0.727. The third kappa shape index (κ3) is 6.36. The SMILES string of the molecule is C/C=C/CCN=C(NCC)NCCc1ccccc1F. The maximum atomic E-state index is 13.5. The van der Waals surface area contributed by atoms with Gasteiger partial charge >= 0.3 is 0 Å². The van der Waals surface area contributed by atoms with E-state index in [0.717, 1.165) is 31.0 Å². The molecule has 0 spiro atoms. The molecular weight excluding hydrogens is 253 g/mol. The van der Waals surface area contributed by atoms with Gasteiger partial charge in [-0.2, -0.15) is 0 Å². The summed E-state index contributed by atoms with van der Waals surface area (Å²) >= 11 is 0. The van der Waals surface area contributed by atoms with Crippen LogP contribution in [-0.4, -0.2) is 25.6 Å². The minimum atomic E-state index is -0.149. The maximum absolute atomic E-state index is 13.5. The van der Waals surface area contributed by atoms with Crippen LogP contribution in [0.2, 0.25) is 0 Å². The summed E-state index contributed by atoms with van der Waals surface area (Å²) in [5.74, 6) is 0.637. The Morgan fingerprint density at radius 2 is 2.10 bits per heavy atom. The zero-order valence-electron chi connectivity index (χ0n) is 12.3. The van der Waals surface area contributed by atoms with E-state index in [1.54, 1.807) is 6.07 Å². The van der Waals surface area contributed by atoms with Gasteiger partial charge in [-0.3, -0.25) is 4.99 Å². The molecule has 0 unspecified atom stereocenters. The molecule has 0 saturated carbocycles. The number of benzene rings is 1. The van der Waals surface area contributed by atoms with Gasteiger partial charge in [-0.05, 0) is 38.3 Å². The summed E-state index contributed by atoms with van der Waals surface area (Å²) in [7, 11) is 0. The lowest BCUT2D eigenvalue weighted by atomic mass is 10.1. The third-order valence-electron chi connectivity index (χ3n) is 2.79. The van der Waals surface area contributed by atoms with Gasteiger partial charge in [-0.15, -0.1) is 0 Å². The fraction of sp³-hybridized carbons (Fsp3) is 0.438. The molecular formula is C16H24FN3. The van der Waals surface area contributed by atoms with Crippen LogP contribution in [0, 0.1) is 5.82 Å². The Kier molecular flexibility index (Phi) is 8.11. The zero-order chi connectivity index (χ0) is 14.6.